The van der Waals surface area contributed by atoms with Gasteiger partial charge in [0, 0.05) is 35.9 Å². The molecule has 1 aromatic rings. The fourth-order valence-electron chi connectivity index (χ4n) is 2.50. The number of aromatic nitrogens is 1. The third-order valence-electron chi connectivity index (χ3n) is 3.44. The number of halogens is 1. The van der Waals surface area contributed by atoms with Gasteiger partial charge >= 0.3 is 12.1 Å². The van der Waals surface area contributed by atoms with Crippen LogP contribution in [0.25, 0.3) is 0 Å². The lowest BCUT2D eigenvalue weighted by Crippen LogP contribution is -2.35. The Morgan fingerprint density at radius 3 is 2.59 bits per heavy atom. The van der Waals surface area contributed by atoms with Crippen molar-refractivity contribution in [2.75, 3.05) is 13.1 Å². The quantitative estimate of drug-likeness (QED) is 0.865. The lowest BCUT2D eigenvalue weighted by molar-refractivity contribution is -0.141. The van der Waals surface area contributed by atoms with Crippen molar-refractivity contribution in [3.8, 4) is 0 Å². The molecule has 22 heavy (non-hydrogen) atoms. The van der Waals surface area contributed by atoms with Gasteiger partial charge in [0.1, 0.15) is 5.60 Å². The van der Waals surface area contributed by atoms with E-state index in [1.165, 1.54) is 4.90 Å². The van der Waals surface area contributed by atoms with E-state index in [1.807, 2.05) is 6.07 Å². The van der Waals surface area contributed by atoms with Crippen LogP contribution in [-0.2, 0) is 9.53 Å². The first-order valence-electron chi connectivity index (χ1n) is 6.98. The van der Waals surface area contributed by atoms with Crippen molar-refractivity contribution in [2.45, 2.75) is 32.3 Å². The number of rotatable bonds is 2. The monoisotopic (exact) mass is 370 g/mol. The summed E-state index contributed by atoms with van der Waals surface area (Å²) in [5.41, 5.74) is 0.193. The zero-order chi connectivity index (χ0) is 16.5. The fourth-order valence-corrected chi connectivity index (χ4v) is 2.88. The Kier molecular flexibility index (Phi) is 4.75. The highest BCUT2D eigenvalue weighted by Crippen LogP contribution is 2.34. The van der Waals surface area contributed by atoms with E-state index in [0.717, 1.165) is 10.0 Å². The molecule has 1 aromatic heterocycles. The number of likely N-dealkylation sites (tertiary alicyclic amines) is 1. The highest BCUT2D eigenvalue weighted by molar-refractivity contribution is 9.10. The van der Waals surface area contributed by atoms with E-state index in [-0.39, 0.29) is 12.5 Å². The molecule has 2 unspecified atom stereocenters. The van der Waals surface area contributed by atoms with Crippen LogP contribution in [0.1, 0.15) is 32.3 Å². The van der Waals surface area contributed by atoms with E-state index in [2.05, 4.69) is 20.9 Å². The lowest BCUT2D eigenvalue weighted by Gasteiger charge is -2.24. The zero-order valence-corrected chi connectivity index (χ0v) is 14.3. The maximum absolute atomic E-state index is 12.2. The molecular weight excluding hydrogens is 352 g/mol. The summed E-state index contributed by atoms with van der Waals surface area (Å²) in [5, 5.41) is 9.44. The number of ether oxygens (including phenoxy) is 1. The molecule has 0 spiro atoms. The molecule has 6 nitrogen and oxygen atoms in total. The molecule has 2 atom stereocenters. The number of carbonyl (C=O) groups excluding carboxylic acids is 1. The predicted octanol–water partition coefficient (Wildman–Crippen LogP) is 2.88. The van der Waals surface area contributed by atoms with Crippen molar-refractivity contribution in [1.82, 2.24) is 9.88 Å². The Balaban J connectivity index is 2.20. The van der Waals surface area contributed by atoms with Crippen molar-refractivity contribution < 1.29 is 19.4 Å². The summed E-state index contributed by atoms with van der Waals surface area (Å²) in [6, 6.07) is 1.84. The molecule has 2 heterocycles. The largest absolute Gasteiger partial charge is 0.481 e. The molecule has 0 saturated carbocycles. The molecule has 1 saturated heterocycles. The van der Waals surface area contributed by atoms with Gasteiger partial charge in [0.25, 0.3) is 0 Å². The second-order valence-electron chi connectivity index (χ2n) is 6.37. The van der Waals surface area contributed by atoms with Crippen molar-refractivity contribution in [3.05, 3.63) is 28.5 Å². The minimum Gasteiger partial charge on any atom is -0.481 e. The number of carboxylic acids is 1. The zero-order valence-electron chi connectivity index (χ0n) is 12.7. The Hall–Kier alpha value is -1.63. The highest BCUT2D eigenvalue weighted by Gasteiger charge is 2.42. The van der Waals surface area contributed by atoms with E-state index in [9.17, 15) is 14.7 Å². The molecular formula is C15H19BrN2O4. The highest BCUT2D eigenvalue weighted by atomic mass is 79.9. The van der Waals surface area contributed by atoms with Gasteiger partial charge in [-0.1, -0.05) is 0 Å². The maximum atomic E-state index is 12.2. The minimum absolute atomic E-state index is 0.140. The van der Waals surface area contributed by atoms with Crippen LogP contribution in [0.5, 0.6) is 0 Å². The van der Waals surface area contributed by atoms with Gasteiger partial charge in [-0.15, -0.1) is 0 Å². The first-order chi connectivity index (χ1) is 10.2. The van der Waals surface area contributed by atoms with Gasteiger partial charge in [-0.3, -0.25) is 9.78 Å². The second-order valence-corrected chi connectivity index (χ2v) is 7.29. The van der Waals surface area contributed by atoms with Gasteiger partial charge < -0.3 is 14.7 Å². The van der Waals surface area contributed by atoms with E-state index in [0.29, 0.717) is 6.54 Å². The van der Waals surface area contributed by atoms with Crippen molar-refractivity contribution in [3.63, 3.8) is 0 Å². The van der Waals surface area contributed by atoms with Crippen LogP contribution < -0.4 is 0 Å². The smallest absolute Gasteiger partial charge is 0.410 e. The number of nitrogens with zero attached hydrogens (tertiary/aromatic N) is 2. The summed E-state index contributed by atoms with van der Waals surface area (Å²) < 4.78 is 6.11. The molecule has 0 bridgehead atoms. The van der Waals surface area contributed by atoms with E-state index < -0.39 is 23.6 Å². The minimum atomic E-state index is -0.920. The van der Waals surface area contributed by atoms with Gasteiger partial charge in [0.15, 0.2) is 0 Å². The molecule has 1 N–H and O–H groups in total. The molecule has 0 radical (unpaired) electrons. The lowest BCUT2D eigenvalue weighted by atomic mass is 9.90. The van der Waals surface area contributed by atoms with Gasteiger partial charge in [-0.05, 0) is 48.3 Å². The maximum Gasteiger partial charge on any atom is 0.410 e. The van der Waals surface area contributed by atoms with Crippen LogP contribution in [0.2, 0.25) is 0 Å². The van der Waals surface area contributed by atoms with Crippen molar-refractivity contribution in [1.29, 1.82) is 0 Å². The SMILES string of the molecule is CC(C)(C)OC(=O)N1CC(C(=O)O)C(c2cncc(Br)c2)C1. The number of hydrogen-bond donors (Lipinski definition) is 1. The van der Waals surface area contributed by atoms with Gasteiger partial charge in [-0.25, -0.2) is 4.79 Å². The van der Waals surface area contributed by atoms with Crippen LogP contribution in [0.15, 0.2) is 22.9 Å². The van der Waals surface area contributed by atoms with Gasteiger partial charge in [0.2, 0.25) is 0 Å². The fraction of sp³-hybridized carbons (Fsp3) is 0.533. The number of hydrogen-bond acceptors (Lipinski definition) is 4. The van der Waals surface area contributed by atoms with Gasteiger partial charge in [-0.2, -0.15) is 0 Å². The third-order valence-corrected chi connectivity index (χ3v) is 3.88. The number of carbonyl (C=O) groups is 2. The number of pyridine rings is 1. The number of amides is 1. The topological polar surface area (TPSA) is 79.7 Å². The summed E-state index contributed by atoms with van der Waals surface area (Å²) >= 11 is 3.33. The molecule has 1 aliphatic rings. The average molecular weight is 371 g/mol. The summed E-state index contributed by atoms with van der Waals surface area (Å²) in [6.07, 6.45) is 2.80. The van der Waals surface area contributed by atoms with Crippen LogP contribution in [0.4, 0.5) is 4.79 Å². The van der Waals surface area contributed by atoms with Crippen LogP contribution in [0.3, 0.4) is 0 Å². The first kappa shape index (κ1) is 16.7. The van der Waals surface area contributed by atoms with Crippen LogP contribution in [-0.4, -0.2) is 45.7 Å². The summed E-state index contributed by atoms with van der Waals surface area (Å²) in [4.78, 5) is 29.2. The molecule has 0 aromatic carbocycles. The molecule has 2 rings (SSSR count). The number of carboxylic acid groups (broad SMARTS) is 1. The summed E-state index contributed by atoms with van der Waals surface area (Å²) in [7, 11) is 0. The Labute approximate surface area is 137 Å². The Morgan fingerprint density at radius 1 is 1.36 bits per heavy atom. The molecule has 1 amide bonds. The van der Waals surface area contributed by atoms with Crippen molar-refractivity contribution >= 4 is 28.0 Å². The standard InChI is InChI=1S/C15H19BrN2O4/c1-15(2,3)22-14(21)18-7-11(12(8-18)13(19)20)9-4-10(16)6-17-5-9/h4-6,11-12H,7-8H2,1-3H3,(H,19,20). The second kappa shape index (κ2) is 6.24. The van der Waals surface area contributed by atoms with Crippen LogP contribution in [0, 0.1) is 5.92 Å². The van der Waals surface area contributed by atoms with E-state index in [4.69, 9.17) is 4.74 Å². The normalized spacial score (nSPS) is 21.7. The third kappa shape index (κ3) is 3.97. The molecule has 1 aliphatic heterocycles. The first-order valence-corrected chi connectivity index (χ1v) is 7.78. The van der Waals surface area contributed by atoms with Crippen molar-refractivity contribution in [2.24, 2.45) is 5.92 Å². The Morgan fingerprint density at radius 2 is 2.05 bits per heavy atom. The molecule has 7 heteroatoms. The average Bonchev–Trinajstić information content (AvgIpc) is 2.82. The molecule has 0 aliphatic carbocycles. The summed E-state index contributed by atoms with van der Waals surface area (Å²) in [5.74, 6) is -1.88. The van der Waals surface area contributed by atoms with E-state index >= 15 is 0 Å². The predicted molar refractivity (Wildman–Crippen MR) is 83.6 cm³/mol. The van der Waals surface area contributed by atoms with Gasteiger partial charge in [0.05, 0.1) is 5.92 Å². The Bertz CT molecular complexity index is 585. The van der Waals surface area contributed by atoms with Crippen LogP contribution >= 0.6 is 15.9 Å². The number of aliphatic carboxylic acids is 1. The molecule has 120 valence electrons. The van der Waals surface area contributed by atoms with E-state index in [1.54, 1.807) is 33.2 Å². The molecule has 1 fully saturated rings. The summed E-state index contributed by atoms with van der Waals surface area (Å²) in [6.45, 7) is 5.80.